The van der Waals surface area contributed by atoms with Crippen molar-refractivity contribution in [2.75, 3.05) is 37.6 Å². The average Bonchev–Trinajstić information content (AvgIpc) is 3.21. The normalized spacial score (nSPS) is 14.5. The van der Waals surface area contributed by atoms with Gasteiger partial charge in [-0.3, -0.25) is 9.69 Å². The van der Waals surface area contributed by atoms with E-state index in [2.05, 4.69) is 62.6 Å². The van der Waals surface area contributed by atoms with E-state index in [1.165, 1.54) is 21.3 Å². The van der Waals surface area contributed by atoms with Crippen molar-refractivity contribution in [3.05, 3.63) is 75.9 Å². The minimum Gasteiger partial charge on any atom is -0.412 e. The SMILES string of the molecule is Cl.O.O=c1ccc2ccc(CCN3CCN(c4cccc5sccc45)CC3)cc2[nH]1. The van der Waals surface area contributed by atoms with Gasteiger partial charge in [0.1, 0.15) is 0 Å². The fraction of sp³-hybridized carbons (Fsp3) is 0.261. The molecule has 1 fully saturated rings. The quantitative estimate of drug-likeness (QED) is 0.522. The topological polar surface area (TPSA) is 70.8 Å². The van der Waals surface area contributed by atoms with Crippen LogP contribution >= 0.6 is 23.7 Å². The molecule has 2 aromatic heterocycles. The molecule has 158 valence electrons. The van der Waals surface area contributed by atoms with Crippen LogP contribution in [0.4, 0.5) is 5.69 Å². The summed E-state index contributed by atoms with van der Waals surface area (Å²) in [7, 11) is 0. The number of piperazine rings is 1. The van der Waals surface area contributed by atoms with Crippen molar-refractivity contribution in [1.29, 1.82) is 0 Å². The van der Waals surface area contributed by atoms with Gasteiger partial charge in [-0.1, -0.05) is 18.2 Å². The summed E-state index contributed by atoms with van der Waals surface area (Å²) in [5, 5.41) is 4.65. The first-order valence-corrected chi connectivity index (χ1v) is 10.7. The average molecular weight is 444 g/mol. The lowest BCUT2D eigenvalue weighted by molar-refractivity contribution is 0.261. The lowest BCUT2D eigenvalue weighted by Gasteiger charge is -2.36. The molecule has 3 heterocycles. The monoisotopic (exact) mass is 443 g/mol. The third kappa shape index (κ3) is 4.52. The molecule has 5 rings (SSSR count). The minimum absolute atomic E-state index is 0. The van der Waals surface area contributed by atoms with Crippen LogP contribution in [0.2, 0.25) is 0 Å². The predicted molar refractivity (Wildman–Crippen MR) is 130 cm³/mol. The predicted octanol–water partition coefficient (Wildman–Crippen LogP) is 3.70. The Kier molecular flexibility index (Phi) is 7.15. The zero-order valence-corrected chi connectivity index (χ0v) is 18.3. The molecule has 0 bridgehead atoms. The van der Waals surface area contributed by atoms with Crippen molar-refractivity contribution in [3.63, 3.8) is 0 Å². The van der Waals surface area contributed by atoms with Gasteiger partial charge in [-0.05, 0) is 53.1 Å². The number of thiophene rings is 1. The molecule has 1 aliphatic heterocycles. The number of pyridine rings is 1. The van der Waals surface area contributed by atoms with Crippen molar-refractivity contribution >= 4 is 50.4 Å². The molecule has 0 saturated carbocycles. The molecule has 7 heteroatoms. The summed E-state index contributed by atoms with van der Waals surface area (Å²) in [5.74, 6) is 0. The summed E-state index contributed by atoms with van der Waals surface area (Å²) >= 11 is 1.81. The van der Waals surface area contributed by atoms with E-state index in [1.54, 1.807) is 6.07 Å². The number of halogens is 1. The van der Waals surface area contributed by atoms with Crippen LogP contribution in [-0.2, 0) is 6.42 Å². The van der Waals surface area contributed by atoms with Crippen LogP contribution in [0.15, 0.2) is 64.8 Å². The maximum Gasteiger partial charge on any atom is 0.248 e. The Morgan fingerprint density at radius 3 is 2.60 bits per heavy atom. The molecule has 0 aliphatic carbocycles. The summed E-state index contributed by atoms with van der Waals surface area (Å²) in [6.07, 6.45) is 1.01. The first kappa shape index (κ1) is 22.3. The van der Waals surface area contributed by atoms with Crippen LogP contribution in [-0.4, -0.2) is 48.1 Å². The highest BCUT2D eigenvalue weighted by Crippen LogP contribution is 2.31. The number of H-pyrrole nitrogens is 1. The Bertz CT molecular complexity index is 1180. The Balaban J connectivity index is 0.00000128. The highest BCUT2D eigenvalue weighted by Gasteiger charge is 2.18. The van der Waals surface area contributed by atoms with Gasteiger partial charge in [0.15, 0.2) is 0 Å². The second-order valence-corrected chi connectivity index (χ2v) is 8.38. The van der Waals surface area contributed by atoms with Crippen molar-refractivity contribution in [2.24, 2.45) is 0 Å². The van der Waals surface area contributed by atoms with Gasteiger partial charge in [-0.2, -0.15) is 0 Å². The first-order valence-electron chi connectivity index (χ1n) is 9.82. The lowest BCUT2D eigenvalue weighted by Crippen LogP contribution is -2.47. The number of benzene rings is 2. The van der Waals surface area contributed by atoms with Crippen LogP contribution in [0.1, 0.15) is 5.56 Å². The van der Waals surface area contributed by atoms with Gasteiger partial charge in [0, 0.05) is 60.1 Å². The van der Waals surface area contributed by atoms with Crippen LogP contribution < -0.4 is 10.5 Å². The van der Waals surface area contributed by atoms with E-state index < -0.39 is 0 Å². The van der Waals surface area contributed by atoms with E-state index in [0.717, 1.165) is 50.0 Å². The van der Waals surface area contributed by atoms with Crippen molar-refractivity contribution < 1.29 is 5.48 Å². The molecule has 0 atom stereocenters. The molecule has 3 N–H and O–H groups in total. The number of aromatic nitrogens is 1. The molecule has 4 aromatic rings. The Labute approximate surface area is 185 Å². The summed E-state index contributed by atoms with van der Waals surface area (Å²) in [4.78, 5) is 19.5. The van der Waals surface area contributed by atoms with Crippen LogP contribution in [0, 0.1) is 0 Å². The first-order chi connectivity index (χ1) is 13.8. The third-order valence-corrected chi connectivity index (χ3v) is 6.57. The number of fused-ring (bicyclic) bond motifs is 2. The minimum atomic E-state index is -0.0404. The van der Waals surface area contributed by atoms with Crippen molar-refractivity contribution in [2.45, 2.75) is 6.42 Å². The highest BCUT2D eigenvalue weighted by atomic mass is 35.5. The molecular weight excluding hydrogens is 418 g/mol. The van der Waals surface area contributed by atoms with Crippen LogP contribution in [0.25, 0.3) is 21.0 Å². The lowest BCUT2D eigenvalue weighted by atomic mass is 10.1. The number of aromatic amines is 1. The van der Waals surface area contributed by atoms with E-state index in [1.807, 2.05) is 17.4 Å². The number of hydrogen-bond donors (Lipinski definition) is 1. The van der Waals surface area contributed by atoms with Crippen LogP contribution in [0.3, 0.4) is 0 Å². The molecule has 30 heavy (non-hydrogen) atoms. The molecule has 0 amide bonds. The van der Waals surface area contributed by atoms with E-state index in [4.69, 9.17) is 0 Å². The summed E-state index contributed by atoms with van der Waals surface area (Å²) in [6.45, 7) is 5.37. The second-order valence-electron chi connectivity index (χ2n) is 7.43. The number of hydrogen-bond acceptors (Lipinski definition) is 4. The van der Waals surface area contributed by atoms with E-state index in [-0.39, 0.29) is 23.4 Å². The maximum absolute atomic E-state index is 11.5. The maximum atomic E-state index is 11.5. The number of nitrogens with one attached hydrogen (secondary N) is 1. The summed E-state index contributed by atoms with van der Waals surface area (Å²) < 4.78 is 1.37. The van der Waals surface area contributed by atoms with Crippen LogP contribution in [0.5, 0.6) is 0 Å². The van der Waals surface area contributed by atoms with E-state index in [9.17, 15) is 4.79 Å². The van der Waals surface area contributed by atoms with Gasteiger partial charge in [0.2, 0.25) is 5.56 Å². The fourth-order valence-corrected chi connectivity index (χ4v) is 4.91. The highest BCUT2D eigenvalue weighted by molar-refractivity contribution is 7.17. The number of nitrogens with zero attached hydrogens (tertiary/aromatic N) is 2. The van der Waals surface area contributed by atoms with Crippen molar-refractivity contribution in [3.8, 4) is 0 Å². The summed E-state index contributed by atoms with van der Waals surface area (Å²) in [5.41, 5.74) is 3.54. The van der Waals surface area contributed by atoms with E-state index in [0.29, 0.717) is 0 Å². The second kappa shape index (κ2) is 9.62. The molecule has 1 saturated heterocycles. The molecule has 0 unspecified atom stereocenters. The van der Waals surface area contributed by atoms with Gasteiger partial charge in [0.25, 0.3) is 0 Å². The Hall–Kier alpha value is -2.38. The molecule has 0 spiro atoms. The Morgan fingerprint density at radius 2 is 1.77 bits per heavy atom. The van der Waals surface area contributed by atoms with E-state index >= 15 is 0 Å². The van der Waals surface area contributed by atoms with Gasteiger partial charge < -0.3 is 15.4 Å². The zero-order chi connectivity index (χ0) is 18.9. The van der Waals surface area contributed by atoms with Gasteiger partial charge >= 0.3 is 0 Å². The summed E-state index contributed by atoms with van der Waals surface area (Å²) in [6, 6.07) is 18.7. The zero-order valence-electron chi connectivity index (χ0n) is 16.6. The largest absolute Gasteiger partial charge is 0.412 e. The third-order valence-electron chi connectivity index (χ3n) is 5.69. The number of rotatable bonds is 4. The molecular formula is C23H26ClN3O2S. The Morgan fingerprint density at radius 1 is 0.967 bits per heavy atom. The van der Waals surface area contributed by atoms with Gasteiger partial charge in [-0.15, -0.1) is 23.7 Å². The van der Waals surface area contributed by atoms with Crippen molar-refractivity contribution in [1.82, 2.24) is 9.88 Å². The molecule has 0 radical (unpaired) electrons. The van der Waals surface area contributed by atoms with Gasteiger partial charge in [0.05, 0.1) is 0 Å². The smallest absolute Gasteiger partial charge is 0.248 e. The fourth-order valence-electron chi connectivity index (χ4n) is 4.11. The standard InChI is InChI=1S/C23H23N3OS.ClH.H2O/c27-23-7-6-18-5-4-17(16-20(18)24-23)8-10-25-11-13-26(14-12-25)21-2-1-3-22-19(21)9-15-28-22;;/h1-7,9,15-16H,8,10-14H2,(H,24,27);1H;1H2. The number of anilines is 1. The molecule has 1 aliphatic rings. The van der Waals surface area contributed by atoms with Gasteiger partial charge in [-0.25, -0.2) is 0 Å². The molecule has 5 nitrogen and oxygen atoms in total. The molecule has 2 aromatic carbocycles.